The Kier molecular flexibility index (Phi) is 23.7. The van der Waals surface area contributed by atoms with Gasteiger partial charge in [0.05, 0.1) is 13.2 Å². The average molecular weight is 554 g/mol. The van der Waals surface area contributed by atoms with E-state index in [9.17, 15) is 14.7 Å². The fourth-order valence-corrected chi connectivity index (χ4v) is 5.63. The SMILES string of the molecule is CCCCCOC(=O)CCCCCCCN(CCO)CCCCCCCC(=O)OC1CCC(CCCC)CC1. The largest absolute Gasteiger partial charge is 0.466 e. The van der Waals surface area contributed by atoms with E-state index in [0.717, 1.165) is 109 Å². The molecule has 0 spiro atoms. The van der Waals surface area contributed by atoms with Gasteiger partial charge in [-0.15, -0.1) is 0 Å². The van der Waals surface area contributed by atoms with Gasteiger partial charge >= 0.3 is 11.9 Å². The van der Waals surface area contributed by atoms with Crippen LogP contribution in [-0.4, -0.2) is 60.9 Å². The molecule has 1 N–H and O–H groups in total. The van der Waals surface area contributed by atoms with Crippen molar-refractivity contribution in [2.75, 3.05) is 32.8 Å². The van der Waals surface area contributed by atoms with Crippen LogP contribution in [0.3, 0.4) is 0 Å². The third-order valence-corrected chi connectivity index (χ3v) is 8.20. The van der Waals surface area contributed by atoms with Crippen molar-refractivity contribution in [3.63, 3.8) is 0 Å². The topological polar surface area (TPSA) is 76.1 Å². The average Bonchev–Trinajstić information content (AvgIpc) is 2.93. The molecule has 1 rings (SSSR count). The Balaban J connectivity index is 1.95. The molecular weight excluding hydrogens is 490 g/mol. The highest BCUT2D eigenvalue weighted by Crippen LogP contribution is 2.30. The first-order valence-corrected chi connectivity index (χ1v) is 16.8. The molecule has 39 heavy (non-hydrogen) atoms. The van der Waals surface area contributed by atoms with Gasteiger partial charge in [0, 0.05) is 19.4 Å². The molecule has 1 fully saturated rings. The highest BCUT2D eigenvalue weighted by atomic mass is 16.5. The van der Waals surface area contributed by atoms with Crippen molar-refractivity contribution in [2.45, 2.75) is 161 Å². The summed E-state index contributed by atoms with van der Waals surface area (Å²) < 4.78 is 11.0. The second-order valence-corrected chi connectivity index (χ2v) is 11.8. The second-order valence-electron chi connectivity index (χ2n) is 11.8. The maximum Gasteiger partial charge on any atom is 0.306 e. The monoisotopic (exact) mass is 553 g/mol. The lowest BCUT2D eigenvalue weighted by molar-refractivity contribution is -0.151. The molecule has 0 amide bonds. The summed E-state index contributed by atoms with van der Waals surface area (Å²) in [5.41, 5.74) is 0. The standard InChI is InChI=1S/C33H63NO5/c1-3-5-17-29-38-32(36)19-13-9-7-11-15-25-34(27-28-35)26-16-12-8-10-14-20-33(37)39-31-23-21-30(22-24-31)18-6-4-2/h30-31,35H,3-29H2,1-2H3. The number of rotatable bonds is 26. The number of ether oxygens (including phenoxy) is 2. The van der Waals surface area contributed by atoms with Gasteiger partial charge in [-0.3, -0.25) is 9.59 Å². The van der Waals surface area contributed by atoms with Crippen molar-refractivity contribution < 1.29 is 24.2 Å². The predicted octanol–water partition coefficient (Wildman–Crippen LogP) is 7.99. The first kappa shape index (κ1) is 35.9. The minimum absolute atomic E-state index is 0.00321. The van der Waals surface area contributed by atoms with Crippen LogP contribution in [0.25, 0.3) is 0 Å². The Bertz CT molecular complexity index is 576. The molecule has 0 unspecified atom stereocenters. The van der Waals surface area contributed by atoms with Gasteiger partial charge in [-0.2, -0.15) is 0 Å². The van der Waals surface area contributed by atoms with Crippen LogP contribution in [0.5, 0.6) is 0 Å². The van der Waals surface area contributed by atoms with Crippen LogP contribution in [0, 0.1) is 5.92 Å². The maximum absolute atomic E-state index is 12.2. The molecule has 6 nitrogen and oxygen atoms in total. The number of esters is 2. The Hall–Kier alpha value is -1.14. The number of hydrogen-bond donors (Lipinski definition) is 1. The number of hydrogen-bond acceptors (Lipinski definition) is 6. The van der Waals surface area contributed by atoms with Gasteiger partial charge in [-0.1, -0.05) is 84.5 Å². The van der Waals surface area contributed by atoms with Crippen LogP contribution in [0.15, 0.2) is 0 Å². The summed E-state index contributed by atoms with van der Waals surface area (Å²) in [6, 6.07) is 0. The number of aliphatic hydroxyl groups is 1. The summed E-state index contributed by atoms with van der Waals surface area (Å²) in [4.78, 5) is 26.3. The second kappa shape index (κ2) is 25.8. The first-order chi connectivity index (χ1) is 19.1. The quantitative estimate of drug-likeness (QED) is 0.0864. The Morgan fingerprint density at radius 3 is 1.82 bits per heavy atom. The number of carbonyl (C=O) groups excluding carboxylic acids is 2. The maximum atomic E-state index is 12.2. The number of carbonyl (C=O) groups is 2. The first-order valence-electron chi connectivity index (χ1n) is 16.8. The summed E-state index contributed by atoms with van der Waals surface area (Å²) in [6.07, 6.45) is 24.0. The Morgan fingerprint density at radius 2 is 1.23 bits per heavy atom. The van der Waals surface area contributed by atoms with Gasteiger partial charge in [0.1, 0.15) is 6.10 Å². The highest BCUT2D eigenvalue weighted by Gasteiger charge is 2.23. The van der Waals surface area contributed by atoms with E-state index in [-0.39, 0.29) is 24.6 Å². The lowest BCUT2D eigenvalue weighted by Crippen LogP contribution is -2.29. The molecular formula is C33H63NO5. The molecule has 6 heteroatoms. The van der Waals surface area contributed by atoms with Crippen molar-refractivity contribution in [3.05, 3.63) is 0 Å². The van der Waals surface area contributed by atoms with Gasteiger partial charge in [0.2, 0.25) is 0 Å². The molecule has 0 aromatic heterocycles. The third kappa shape index (κ3) is 21.3. The highest BCUT2D eigenvalue weighted by molar-refractivity contribution is 5.69. The van der Waals surface area contributed by atoms with E-state index >= 15 is 0 Å². The van der Waals surface area contributed by atoms with Crippen LogP contribution in [0.2, 0.25) is 0 Å². The predicted molar refractivity (Wildman–Crippen MR) is 161 cm³/mol. The van der Waals surface area contributed by atoms with Crippen LogP contribution < -0.4 is 0 Å². The third-order valence-electron chi connectivity index (χ3n) is 8.20. The lowest BCUT2D eigenvalue weighted by Gasteiger charge is -2.28. The van der Waals surface area contributed by atoms with E-state index in [0.29, 0.717) is 19.4 Å². The van der Waals surface area contributed by atoms with E-state index in [1.807, 2.05) is 0 Å². The van der Waals surface area contributed by atoms with Crippen LogP contribution in [0.1, 0.15) is 155 Å². The molecule has 0 bridgehead atoms. The van der Waals surface area contributed by atoms with E-state index in [4.69, 9.17) is 9.47 Å². The molecule has 0 heterocycles. The number of aliphatic hydroxyl groups excluding tert-OH is 1. The lowest BCUT2D eigenvalue weighted by atomic mass is 9.84. The molecule has 230 valence electrons. The zero-order chi connectivity index (χ0) is 28.4. The summed E-state index contributed by atoms with van der Waals surface area (Å²) in [5.74, 6) is 0.806. The molecule has 0 atom stereocenters. The molecule has 1 aliphatic rings. The fourth-order valence-electron chi connectivity index (χ4n) is 5.63. The number of unbranched alkanes of at least 4 members (excludes halogenated alkanes) is 11. The smallest absolute Gasteiger partial charge is 0.306 e. The zero-order valence-corrected chi connectivity index (χ0v) is 25.8. The van der Waals surface area contributed by atoms with E-state index < -0.39 is 0 Å². The summed E-state index contributed by atoms with van der Waals surface area (Å²) in [6.45, 7) is 8.00. The van der Waals surface area contributed by atoms with Crippen molar-refractivity contribution >= 4 is 11.9 Å². The molecule has 1 saturated carbocycles. The van der Waals surface area contributed by atoms with Gasteiger partial charge in [0.25, 0.3) is 0 Å². The van der Waals surface area contributed by atoms with Crippen molar-refractivity contribution in [1.82, 2.24) is 4.90 Å². The molecule has 0 saturated heterocycles. The number of nitrogens with zero attached hydrogens (tertiary/aromatic N) is 1. The fraction of sp³-hybridized carbons (Fsp3) is 0.939. The van der Waals surface area contributed by atoms with Gasteiger partial charge in [-0.25, -0.2) is 0 Å². The van der Waals surface area contributed by atoms with Gasteiger partial charge < -0.3 is 19.5 Å². The van der Waals surface area contributed by atoms with Crippen molar-refractivity contribution in [3.8, 4) is 0 Å². The Morgan fingerprint density at radius 1 is 0.667 bits per heavy atom. The van der Waals surface area contributed by atoms with E-state index in [1.54, 1.807) is 0 Å². The normalized spacial score (nSPS) is 17.4. The minimum Gasteiger partial charge on any atom is -0.466 e. The van der Waals surface area contributed by atoms with Crippen LogP contribution in [0.4, 0.5) is 0 Å². The van der Waals surface area contributed by atoms with Crippen molar-refractivity contribution in [1.29, 1.82) is 0 Å². The molecule has 0 aromatic rings. The summed E-state index contributed by atoms with van der Waals surface area (Å²) in [5, 5.41) is 9.41. The molecule has 0 aromatic carbocycles. The molecule has 1 aliphatic carbocycles. The van der Waals surface area contributed by atoms with E-state index in [1.165, 1.54) is 44.9 Å². The van der Waals surface area contributed by atoms with Gasteiger partial charge in [-0.05, 0) is 76.8 Å². The van der Waals surface area contributed by atoms with Crippen LogP contribution in [-0.2, 0) is 19.1 Å². The van der Waals surface area contributed by atoms with Crippen LogP contribution >= 0.6 is 0 Å². The molecule has 0 radical (unpaired) electrons. The zero-order valence-electron chi connectivity index (χ0n) is 25.8. The van der Waals surface area contributed by atoms with Gasteiger partial charge in [0.15, 0.2) is 0 Å². The summed E-state index contributed by atoms with van der Waals surface area (Å²) in [7, 11) is 0. The van der Waals surface area contributed by atoms with E-state index in [2.05, 4.69) is 18.7 Å². The summed E-state index contributed by atoms with van der Waals surface area (Å²) >= 11 is 0. The Labute approximate surface area is 241 Å². The molecule has 0 aliphatic heterocycles. The minimum atomic E-state index is -0.0459. The van der Waals surface area contributed by atoms with Crippen molar-refractivity contribution in [2.24, 2.45) is 5.92 Å².